The van der Waals surface area contributed by atoms with E-state index in [1.54, 1.807) is 35.1 Å². The fourth-order valence-corrected chi connectivity index (χ4v) is 3.25. The summed E-state index contributed by atoms with van der Waals surface area (Å²) in [5.74, 6) is -2.78. The second-order valence-electron chi connectivity index (χ2n) is 7.40. The van der Waals surface area contributed by atoms with Gasteiger partial charge in [0.25, 0.3) is 0 Å². The highest BCUT2D eigenvalue weighted by Crippen LogP contribution is 2.15. The van der Waals surface area contributed by atoms with Gasteiger partial charge in [0, 0.05) is 25.0 Å². The van der Waals surface area contributed by atoms with E-state index in [0.717, 1.165) is 16.8 Å². The Hall–Kier alpha value is -3.53. The van der Waals surface area contributed by atoms with Crippen molar-refractivity contribution in [1.29, 1.82) is 0 Å². The lowest BCUT2D eigenvalue weighted by Crippen LogP contribution is -2.44. The van der Waals surface area contributed by atoms with Crippen LogP contribution in [0.15, 0.2) is 73.1 Å². The van der Waals surface area contributed by atoms with Crippen molar-refractivity contribution >= 4 is 11.9 Å². The number of nitrogens with one attached hydrogen (secondary N) is 1. The Bertz CT molecular complexity index is 1010. The van der Waals surface area contributed by atoms with Crippen molar-refractivity contribution in [2.75, 3.05) is 13.2 Å². The van der Waals surface area contributed by atoms with Crippen molar-refractivity contribution in [3.05, 3.63) is 84.2 Å². The van der Waals surface area contributed by atoms with Gasteiger partial charge in [0.05, 0.1) is 18.9 Å². The van der Waals surface area contributed by atoms with Gasteiger partial charge in [-0.05, 0) is 36.2 Å². The highest BCUT2D eigenvalue weighted by atomic mass is 16.6. The molecule has 0 bridgehead atoms. The maximum Gasteiger partial charge on any atom is 0.336 e. The van der Waals surface area contributed by atoms with Crippen LogP contribution in [0.5, 0.6) is 0 Å². The summed E-state index contributed by atoms with van der Waals surface area (Å²) in [5, 5.41) is 26.4. The van der Waals surface area contributed by atoms with E-state index < -0.39 is 24.1 Å². The topological polar surface area (TPSA) is 123 Å². The van der Waals surface area contributed by atoms with Crippen LogP contribution in [0.25, 0.3) is 5.69 Å². The van der Waals surface area contributed by atoms with Crippen molar-refractivity contribution < 1.29 is 29.3 Å². The maximum atomic E-state index is 11.6. The maximum absolute atomic E-state index is 11.6. The van der Waals surface area contributed by atoms with Crippen LogP contribution < -0.4 is 5.32 Å². The molecule has 3 rings (SSSR count). The molecule has 0 aliphatic carbocycles. The molecule has 1 aromatic heterocycles. The van der Waals surface area contributed by atoms with Crippen LogP contribution in [0.3, 0.4) is 0 Å². The van der Waals surface area contributed by atoms with Crippen molar-refractivity contribution in [2.24, 2.45) is 0 Å². The van der Waals surface area contributed by atoms with Crippen LogP contribution in [0.4, 0.5) is 0 Å². The van der Waals surface area contributed by atoms with Crippen LogP contribution in [0.2, 0.25) is 0 Å². The average Bonchev–Trinajstić information content (AvgIpc) is 3.36. The van der Waals surface area contributed by atoms with Gasteiger partial charge < -0.3 is 25.0 Å². The third-order valence-electron chi connectivity index (χ3n) is 5.05. The molecule has 33 heavy (non-hydrogen) atoms. The monoisotopic (exact) mass is 453 g/mol. The Balaban J connectivity index is 1.49. The van der Waals surface area contributed by atoms with Crippen LogP contribution in [0, 0.1) is 0 Å². The summed E-state index contributed by atoms with van der Waals surface area (Å²) in [4.78, 5) is 23.3. The number of nitrogens with zero attached hydrogens (tertiary/aromatic N) is 2. The van der Waals surface area contributed by atoms with E-state index in [1.807, 2.05) is 49.5 Å². The Kier molecular flexibility index (Phi) is 8.71. The molecular weight excluding hydrogens is 426 g/mol. The van der Waals surface area contributed by atoms with E-state index in [4.69, 9.17) is 9.47 Å². The molecule has 0 saturated heterocycles. The predicted octanol–water partition coefficient (Wildman–Crippen LogP) is 2.66. The lowest BCUT2D eigenvalue weighted by atomic mass is 10.1. The van der Waals surface area contributed by atoms with E-state index in [0.29, 0.717) is 6.54 Å². The molecule has 2 aromatic carbocycles. The molecule has 3 atom stereocenters. The minimum absolute atomic E-state index is 0.00511. The van der Waals surface area contributed by atoms with Gasteiger partial charge in [0.1, 0.15) is 0 Å². The first-order valence-electron chi connectivity index (χ1n) is 10.5. The molecule has 0 aliphatic rings. The molecule has 9 nitrogen and oxygen atoms in total. The zero-order chi connectivity index (χ0) is 23.6. The molecule has 0 aliphatic heterocycles. The quantitative estimate of drug-likeness (QED) is 0.338. The number of aromatic nitrogens is 2. The Morgan fingerprint density at radius 2 is 1.64 bits per heavy atom. The van der Waals surface area contributed by atoms with Crippen LogP contribution >= 0.6 is 0 Å². The highest BCUT2D eigenvalue weighted by Gasteiger charge is 2.35. The number of rotatable bonds is 13. The number of benzene rings is 2. The van der Waals surface area contributed by atoms with E-state index in [-0.39, 0.29) is 19.3 Å². The largest absolute Gasteiger partial charge is 0.479 e. The van der Waals surface area contributed by atoms with Crippen molar-refractivity contribution in [1.82, 2.24) is 15.1 Å². The second kappa shape index (κ2) is 11.9. The number of ether oxygens (including phenoxy) is 2. The number of hydrogen-bond acceptors (Lipinski definition) is 6. The molecule has 3 N–H and O–H groups in total. The van der Waals surface area contributed by atoms with Crippen molar-refractivity contribution in [3.8, 4) is 5.69 Å². The highest BCUT2D eigenvalue weighted by molar-refractivity contribution is 5.83. The molecule has 0 saturated carbocycles. The van der Waals surface area contributed by atoms with Gasteiger partial charge >= 0.3 is 11.9 Å². The molecule has 0 unspecified atom stereocenters. The van der Waals surface area contributed by atoms with Gasteiger partial charge in [-0.15, -0.1) is 0 Å². The van der Waals surface area contributed by atoms with Gasteiger partial charge in [0.15, 0.2) is 12.2 Å². The fourth-order valence-electron chi connectivity index (χ4n) is 3.25. The summed E-state index contributed by atoms with van der Waals surface area (Å²) >= 11 is 0. The van der Waals surface area contributed by atoms with Gasteiger partial charge in [-0.3, -0.25) is 0 Å². The molecule has 0 fully saturated rings. The van der Waals surface area contributed by atoms with Crippen LogP contribution in [-0.2, 0) is 25.7 Å². The first-order valence-corrected chi connectivity index (χ1v) is 10.5. The van der Waals surface area contributed by atoms with E-state index in [1.165, 1.54) is 0 Å². The third kappa shape index (κ3) is 6.98. The number of aliphatic carboxylic acids is 2. The number of hydrogen-bond donors (Lipinski definition) is 3. The normalized spacial score (nSPS) is 13.8. The van der Waals surface area contributed by atoms with Crippen molar-refractivity contribution in [3.63, 3.8) is 0 Å². The molecule has 9 heteroatoms. The smallest absolute Gasteiger partial charge is 0.336 e. The SMILES string of the molecule is C[C@@H](NCCO[C@@H](C(=O)O)[C@@H](OCc1ccccc1)C(=O)O)c1ccc(-n2cccn2)cc1. The summed E-state index contributed by atoms with van der Waals surface area (Å²) in [6.45, 7) is 2.28. The summed E-state index contributed by atoms with van der Waals surface area (Å²) < 4.78 is 12.5. The first-order chi connectivity index (χ1) is 16.0. The minimum atomic E-state index is -1.63. The minimum Gasteiger partial charge on any atom is -0.479 e. The number of carboxylic acid groups (broad SMARTS) is 2. The fraction of sp³-hybridized carbons (Fsp3) is 0.292. The van der Waals surface area contributed by atoms with E-state index in [2.05, 4.69) is 10.4 Å². The Morgan fingerprint density at radius 3 is 2.24 bits per heavy atom. The second-order valence-corrected chi connectivity index (χ2v) is 7.40. The van der Waals surface area contributed by atoms with Crippen molar-refractivity contribution in [2.45, 2.75) is 31.8 Å². The van der Waals surface area contributed by atoms with Gasteiger partial charge in [0.2, 0.25) is 0 Å². The third-order valence-corrected chi connectivity index (χ3v) is 5.05. The predicted molar refractivity (Wildman–Crippen MR) is 120 cm³/mol. The first kappa shape index (κ1) is 24.1. The molecule has 3 aromatic rings. The summed E-state index contributed by atoms with van der Waals surface area (Å²) in [6, 6.07) is 18.6. The molecule has 174 valence electrons. The lowest BCUT2D eigenvalue weighted by Gasteiger charge is -2.22. The summed E-state index contributed by atoms with van der Waals surface area (Å²) in [6.07, 6.45) is 0.317. The van der Waals surface area contributed by atoms with Gasteiger partial charge in [-0.2, -0.15) is 5.10 Å². The number of carboxylic acids is 2. The van der Waals surface area contributed by atoms with E-state index in [9.17, 15) is 19.8 Å². The van der Waals surface area contributed by atoms with Crippen LogP contribution in [-0.4, -0.2) is 57.3 Å². The molecule has 0 spiro atoms. The van der Waals surface area contributed by atoms with Crippen LogP contribution in [0.1, 0.15) is 24.1 Å². The molecule has 0 amide bonds. The molecular formula is C24H27N3O6. The molecule has 1 heterocycles. The Labute approximate surface area is 191 Å². The summed E-state index contributed by atoms with van der Waals surface area (Å²) in [5.41, 5.74) is 2.72. The average molecular weight is 453 g/mol. The zero-order valence-electron chi connectivity index (χ0n) is 18.2. The zero-order valence-corrected chi connectivity index (χ0v) is 18.2. The lowest BCUT2D eigenvalue weighted by molar-refractivity contribution is -0.177. The summed E-state index contributed by atoms with van der Waals surface area (Å²) in [7, 11) is 0. The Morgan fingerprint density at radius 1 is 0.970 bits per heavy atom. The van der Waals surface area contributed by atoms with Gasteiger partial charge in [-0.1, -0.05) is 42.5 Å². The number of carbonyl (C=O) groups is 2. The molecule has 0 radical (unpaired) electrons. The van der Waals surface area contributed by atoms with E-state index >= 15 is 0 Å². The van der Waals surface area contributed by atoms with Gasteiger partial charge in [-0.25, -0.2) is 14.3 Å². The standard InChI is InChI=1S/C24H27N3O6/c1-17(19-8-10-20(11-9-19)27-14-5-12-26-27)25-13-15-32-21(23(28)29)22(24(30)31)33-16-18-6-3-2-4-7-18/h2-12,14,17,21-22,25H,13,15-16H2,1H3,(H,28,29)(H,30,31)/t17-,21-,22-/m1/s1.